The van der Waals surface area contributed by atoms with Gasteiger partial charge in [0.25, 0.3) is 5.91 Å². The van der Waals surface area contributed by atoms with Crippen LogP contribution in [-0.4, -0.2) is 50.3 Å². The largest absolute Gasteiger partial charge is 0.349 e. The first-order chi connectivity index (χ1) is 12.5. The van der Waals surface area contributed by atoms with Gasteiger partial charge in [-0.2, -0.15) is 4.31 Å². The number of halogens is 1. The van der Waals surface area contributed by atoms with Gasteiger partial charge in [-0.25, -0.2) is 8.42 Å². The number of sulfonamides is 1. The van der Waals surface area contributed by atoms with E-state index in [4.69, 9.17) is 0 Å². The van der Waals surface area contributed by atoms with E-state index in [0.717, 1.165) is 45.1 Å². The summed E-state index contributed by atoms with van der Waals surface area (Å²) in [6.45, 7) is 4.11. The molecule has 2 atom stereocenters. The summed E-state index contributed by atoms with van der Waals surface area (Å²) in [5.74, 6) is -0.197. The highest BCUT2D eigenvalue weighted by molar-refractivity contribution is 7.89. The van der Waals surface area contributed by atoms with Crippen LogP contribution in [0.4, 0.5) is 0 Å². The van der Waals surface area contributed by atoms with E-state index in [1.54, 1.807) is 22.5 Å². The van der Waals surface area contributed by atoms with Crippen LogP contribution < -0.4 is 10.6 Å². The van der Waals surface area contributed by atoms with Gasteiger partial charge in [0.05, 0.1) is 4.90 Å². The number of hydrogen-bond acceptors (Lipinski definition) is 4. The van der Waals surface area contributed by atoms with Gasteiger partial charge in [-0.15, -0.1) is 12.4 Å². The summed E-state index contributed by atoms with van der Waals surface area (Å²) in [5, 5.41) is 6.41. The molecule has 2 aliphatic rings. The molecule has 152 valence electrons. The van der Waals surface area contributed by atoms with Gasteiger partial charge in [-0.3, -0.25) is 4.79 Å². The number of carbonyl (C=O) groups is 1. The highest BCUT2D eigenvalue weighted by Gasteiger charge is 2.26. The molecule has 1 aromatic carbocycles. The van der Waals surface area contributed by atoms with Gasteiger partial charge in [0, 0.05) is 30.7 Å². The van der Waals surface area contributed by atoms with Crippen molar-refractivity contribution in [3.8, 4) is 0 Å². The second-order valence-corrected chi connectivity index (χ2v) is 9.33. The molecule has 0 radical (unpaired) electrons. The summed E-state index contributed by atoms with van der Waals surface area (Å²) in [4.78, 5) is 12.8. The third-order valence-electron chi connectivity index (χ3n) is 5.26. The fourth-order valence-electron chi connectivity index (χ4n) is 3.76. The maximum Gasteiger partial charge on any atom is 0.251 e. The molecule has 2 N–H and O–H groups in total. The van der Waals surface area contributed by atoms with Crippen LogP contribution >= 0.6 is 12.4 Å². The Morgan fingerprint density at radius 1 is 1.19 bits per heavy atom. The molecule has 2 saturated heterocycles. The summed E-state index contributed by atoms with van der Waals surface area (Å²) >= 11 is 0. The van der Waals surface area contributed by atoms with Crippen molar-refractivity contribution >= 4 is 28.3 Å². The number of piperidine rings is 1. The molecule has 8 heteroatoms. The normalized spacial score (nSPS) is 24.5. The average molecular weight is 416 g/mol. The number of nitrogens with zero attached hydrogens (tertiary/aromatic N) is 1. The van der Waals surface area contributed by atoms with Gasteiger partial charge >= 0.3 is 0 Å². The van der Waals surface area contributed by atoms with Crippen LogP contribution in [0, 0.1) is 0 Å². The van der Waals surface area contributed by atoms with Crippen molar-refractivity contribution in [1.82, 2.24) is 14.9 Å². The summed E-state index contributed by atoms with van der Waals surface area (Å²) in [5.41, 5.74) is 0.409. The Hall–Kier alpha value is -1.15. The van der Waals surface area contributed by atoms with Gasteiger partial charge < -0.3 is 10.6 Å². The molecule has 0 bridgehead atoms. The molecule has 0 spiro atoms. The molecular formula is C19H30ClN3O3S. The second kappa shape index (κ2) is 9.87. The van der Waals surface area contributed by atoms with Gasteiger partial charge in [-0.05, 0) is 57.4 Å². The molecular weight excluding hydrogens is 386 g/mol. The van der Waals surface area contributed by atoms with Crippen LogP contribution in [0.15, 0.2) is 29.2 Å². The highest BCUT2D eigenvalue weighted by Crippen LogP contribution is 2.21. The Balaban J connectivity index is 0.00000261. The predicted molar refractivity (Wildman–Crippen MR) is 109 cm³/mol. The number of hydrogen-bond donors (Lipinski definition) is 2. The van der Waals surface area contributed by atoms with E-state index in [1.165, 1.54) is 6.07 Å². The van der Waals surface area contributed by atoms with Gasteiger partial charge in [0.15, 0.2) is 0 Å². The SMILES string of the molecule is CC1CC(NC(=O)c2cccc(S(=O)(=O)N3CCCCCC3)c2)CCN1.Cl. The molecule has 2 aliphatic heterocycles. The summed E-state index contributed by atoms with van der Waals surface area (Å²) in [6.07, 6.45) is 5.71. The lowest BCUT2D eigenvalue weighted by Gasteiger charge is -2.28. The standard InChI is InChI=1S/C19H29N3O3S.ClH/c1-15-13-17(9-10-20-15)21-19(23)16-7-6-8-18(14-16)26(24,25)22-11-4-2-3-5-12-22;/h6-8,14-15,17,20H,2-5,9-13H2,1H3,(H,21,23);1H. The first-order valence-corrected chi connectivity index (χ1v) is 11.1. The average Bonchev–Trinajstić information content (AvgIpc) is 2.92. The smallest absolute Gasteiger partial charge is 0.251 e. The maximum atomic E-state index is 12.9. The van der Waals surface area contributed by atoms with Gasteiger partial charge in [0.2, 0.25) is 10.0 Å². The monoisotopic (exact) mass is 415 g/mol. The van der Waals surface area contributed by atoms with E-state index in [2.05, 4.69) is 17.6 Å². The molecule has 2 heterocycles. The van der Waals surface area contributed by atoms with Crippen LogP contribution in [0.2, 0.25) is 0 Å². The fraction of sp³-hybridized carbons (Fsp3) is 0.632. The van der Waals surface area contributed by atoms with Crippen LogP contribution in [0.3, 0.4) is 0 Å². The van der Waals surface area contributed by atoms with E-state index in [0.29, 0.717) is 24.7 Å². The lowest BCUT2D eigenvalue weighted by Crippen LogP contribution is -2.46. The van der Waals surface area contributed by atoms with Crippen molar-refractivity contribution in [2.24, 2.45) is 0 Å². The lowest BCUT2D eigenvalue weighted by atomic mass is 10.0. The lowest BCUT2D eigenvalue weighted by molar-refractivity contribution is 0.0925. The fourth-order valence-corrected chi connectivity index (χ4v) is 5.32. The number of nitrogens with one attached hydrogen (secondary N) is 2. The van der Waals surface area contributed by atoms with Gasteiger partial charge in [-0.1, -0.05) is 18.9 Å². The molecule has 2 unspecified atom stereocenters. The van der Waals surface area contributed by atoms with E-state index in [1.807, 2.05) is 0 Å². The number of rotatable bonds is 4. The summed E-state index contributed by atoms with van der Waals surface area (Å²) < 4.78 is 27.4. The van der Waals surface area contributed by atoms with Crippen molar-refractivity contribution in [1.29, 1.82) is 0 Å². The number of carbonyl (C=O) groups excluding carboxylic acids is 1. The highest BCUT2D eigenvalue weighted by atomic mass is 35.5. The van der Waals surface area contributed by atoms with E-state index < -0.39 is 10.0 Å². The first-order valence-electron chi connectivity index (χ1n) is 9.61. The summed E-state index contributed by atoms with van der Waals surface area (Å²) in [7, 11) is -3.54. The van der Waals surface area contributed by atoms with Crippen LogP contribution in [0.5, 0.6) is 0 Å². The zero-order valence-corrected chi connectivity index (χ0v) is 17.4. The Morgan fingerprint density at radius 2 is 1.89 bits per heavy atom. The molecule has 6 nitrogen and oxygen atoms in total. The predicted octanol–water partition coefficient (Wildman–Crippen LogP) is 2.54. The molecule has 1 amide bonds. The minimum atomic E-state index is -3.54. The van der Waals surface area contributed by atoms with E-state index >= 15 is 0 Å². The minimum absolute atomic E-state index is 0. The second-order valence-electron chi connectivity index (χ2n) is 7.40. The Kier molecular flexibility index (Phi) is 8.09. The maximum absolute atomic E-state index is 12.9. The molecule has 27 heavy (non-hydrogen) atoms. The third kappa shape index (κ3) is 5.67. The van der Waals surface area contributed by atoms with Crippen LogP contribution in [-0.2, 0) is 10.0 Å². The number of benzene rings is 1. The van der Waals surface area contributed by atoms with Crippen molar-refractivity contribution < 1.29 is 13.2 Å². The van der Waals surface area contributed by atoms with Crippen LogP contribution in [0.1, 0.15) is 55.8 Å². The first kappa shape index (κ1) is 22.1. The van der Waals surface area contributed by atoms with Crippen molar-refractivity contribution in [3.63, 3.8) is 0 Å². The van der Waals surface area contributed by atoms with Crippen molar-refractivity contribution in [3.05, 3.63) is 29.8 Å². The van der Waals surface area contributed by atoms with Crippen LogP contribution in [0.25, 0.3) is 0 Å². The zero-order valence-electron chi connectivity index (χ0n) is 15.8. The molecule has 2 fully saturated rings. The number of amides is 1. The molecule has 0 aromatic heterocycles. The molecule has 1 aromatic rings. The van der Waals surface area contributed by atoms with E-state index in [9.17, 15) is 13.2 Å². The molecule has 3 rings (SSSR count). The third-order valence-corrected chi connectivity index (χ3v) is 7.15. The van der Waals surface area contributed by atoms with Crippen molar-refractivity contribution in [2.75, 3.05) is 19.6 Å². The Bertz CT molecular complexity index is 733. The van der Waals surface area contributed by atoms with Crippen molar-refractivity contribution in [2.45, 2.75) is 62.4 Å². The van der Waals surface area contributed by atoms with Gasteiger partial charge in [0.1, 0.15) is 0 Å². The molecule has 0 saturated carbocycles. The Morgan fingerprint density at radius 3 is 2.56 bits per heavy atom. The zero-order chi connectivity index (χ0) is 18.6. The molecule has 0 aliphatic carbocycles. The van der Waals surface area contributed by atoms with E-state index in [-0.39, 0.29) is 29.3 Å². The topological polar surface area (TPSA) is 78.5 Å². The summed E-state index contributed by atoms with van der Waals surface area (Å²) in [6, 6.07) is 6.95. The Labute approximate surface area is 168 Å². The minimum Gasteiger partial charge on any atom is -0.349 e. The quantitative estimate of drug-likeness (QED) is 0.792.